The first-order valence-corrected chi connectivity index (χ1v) is 5.04. The maximum atomic E-state index is 13.4. The molecule has 0 heterocycles. The Morgan fingerprint density at radius 1 is 1.28 bits per heavy atom. The predicted octanol–water partition coefficient (Wildman–Crippen LogP) is 2.21. The number of benzene rings is 1. The van der Waals surface area contributed by atoms with Crippen LogP contribution in [0, 0.1) is 17.7 Å². The minimum atomic E-state index is -4.41. The second-order valence-corrected chi connectivity index (χ2v) is 3.42. The predicted molar refractivity (Wildman–Crippen MR) is 58.0 cm³/mol. The Balaban J connectivity index is 2.63. The molecular formula is C12H11F4NO. The number of alkyl halides is 3. The highest BCUT2D eigenvalue weighted by molar-refractivity contribution is 5.37. The van der Waals surface area contributed by atoms with Crippen LogP contribution >= 0.6 is 0 Å². The van der Waals surface area contributed by atoms with Crippen LogP contribution in [0.1, 0.15) is 11.1 Å². The third kappa shape index (κ3) is 5.17. The van der Waals surface area contributed by atoms with Gasteiger partial charge in [-0.2, -0.15) is 13.2 Å². The Morgan fingerprint density at radius 3 is 2.56 bits per heavy atom. The van der Waals surface area contributed by atoms with Crippen molar-refractivity contribution in [3.63, 3.8) is 0 Å². The average Bonchev–Trinajstić information content (AvgIpc) is 2.27. The van der Waals surface area contributed by atoms with Crippen molar-refractivity contribution in [1.82, 2.24) is 0 Å². The van der Waals surface area contributed by atoms with Gasteiger partial charge in [-0.25, -0.2) is 4.39 Å². The van der Waals surface area contributed by atoms with Crippen LogP contribution in [-0.4, -0.2) is 19.3 Å². The summed E-state index contributed by atoms with van der Waals surface area (Å²) in [5.74, 6) is 4.51. The molecule has 1 aromatic carbocycles. The van der Waals surface area contributed by atoms with Crippen molar-refractivity contribution in [2.75, 3.05) is 13.2 Å². The Kier molecular flexibility index (Phi) is 5.13. The van der Waals surface area contributed by atoms with Crippen LogP contribution in [0.5, 0.6) is 0 Å². The van der Waals surface area contributed by atoms with Crippen LogP contribution in [0.3, 0.4) is 0 Å². The summed E-state index contributed by atoms with van der Waals surface area (Å²) < 4.78 is 53.2. The molecule has 0 spiro atoms. The maximum absolute atomic E-state index is 13.4. The van der Waals surface area contributed by atoms with E-state index in [2.05, 4.69) is 16.6 Å². The molecule has 18 heavy (non-hydrogen) atoms. The number of hydrogen-bond acceptors (Lipinski definition) is 2. The molecule has 0 amide bonds. The number of hydrogen-bond donors (Lipinski definition) is 1. The molecule has 1 rings (SSSR count). The van der Waals surface area contributed by atoms with E-state index >= 15 is 0 Å². The number of ether oxygens (including phenoxy) is 1. The fraction of sp³-hybridized carbons (Fsp3) is 0.333. The van der Waals surface area contributed by atoms with Gasteiger partial charge in [0.2, 0.25) is 0 Å². The van der Waals surface area contributed by atoms with Crippen LogP contribution in [0.4, 0.5) is 17.6 Å². The Morgan fingerprint density at radius 2 is 2.00 bits per heavy atom. The Bertz CT molecular complexity index is 459. The summed E-state index contributed by atoms with van der Waals surface area (Å²) in [6.45, 7) is -1.69. The van der Waals surface area contributed by atoms with Gasteiger partial charge in [0.25, 0.3) is 0 Å². The normalized spacial score (nSPS) is 10.9. The third-order valence-corrected chi connectivity index (χ3v) is 1.91. The topological polar surface area (TPSA) is 35.2 Å². The van der Waals surface area contributed by atoms with Crippen molar-refractivity contribution in [2.24, 2.45) is 5.73 Å². The fourth-order valence-electron chi connectivity index (χ4n) is 1.17. The largest absolute Gasteiger partial charge is 0.411 e. The summed E-state index contributed by atoms with van der Waals surface area (Å²) in [6, 6.07) is 3.97. The fourth-order valence-corrected chi connectivity index (χ4v) is 1.17. The highest BCUT2D eigenvalue weighted by Crippen LogP contribution is 2.17. The number of halogens is 4. The SMILES string of the molecule is NCC#Cc1ccc(COCC(F)(F)F)c(F)c1. The lowest BCUT2D eigenvalue weighted by molar-refractivity contribution is -0.176. The summed E-state index contributed by atoms with van der Waals surface area (Å²) in [5, 5.41) is 0. The molecule has 0 atom stereocenters. The molecule has 2 nitrogen and oxygen atoms in total. The second-order valence-electron chi connectivity index (χ2n) is 3.42. The van der Waals surface area contributed by atoms with Crippen molar-refractivity contribution in [2.45, 2.75) is 12.8 Å². The van der Waals surface area contributed by atoms with E-state index in [9.17, 15) is 17.6 Å². The molecule has 0 aliphatic rings. The highest BCUT2D eigenvalue weighted by Gasteiger charge is 2.27. The van der Waals surface area contributed by atoms with Crippen LogP contribution in [-0.2, 0) is 11.3 Å². The molecule has 0 saturated heterocycles. The first-order valence-electron chi connectivity index (χ1n) is 5.04. The molecule has 0 fully saturated rings. The summed E-state index contributed by atoms with van der Waals surface area (Å²) in [5.41, 5.74) is 5.62. The molecule has 1 aromatic rings. The van der Waals surface area contributed by atoms with E-state index in [1.807, 2.05) is 0 Å². The van der Waals surface area contributed by atoms with E-state index in [4.69, 9.17) is 5.73 Å². The van der Waals surface area contributed by atoms with E-state index < -0.39 is 25.2 Å². The van der Waals surface area contributed by atoms with Gasteiger partial charge >= 0.3 is 6.18 Å². The molecule has 0 aromatic heterocycles. The van der Waals surface area contributed by atoms with Crippen molar-refractivity contribution < 1.29 is 22.3 Å². The van der Waals surface area contributed by atoms with Crippen molar-refractivity contribution in [3.05, 3.63) is 35.1 Å². The van der Waals surface area contributed by atoms with E-state index in [0.29, 0.717) is 5.56 Å². The molecule has 98 valence electrons. The second kappa shape index (κ2) is 6.38. The van der Waals surface area contributed by atoms with Crippen molar-refractivity contribution in [1.29, 1.82) is 0 Å². The number of rotatable bonds is 3. The van der Waals surface area contributed by atoms with Gasteiger partial charge in [0.05, 0.1) is 13.2 Å². The molecule has 2 N–H and O–H groups in total. The van der Waals surface area contributed by atoms with Gasteiger partial charge in [-0.15, -0.1) is 0 Å². The Hall–Kier alpha value is -1.58. The summed E-state index contributed by atoms with van der Waals surface area (Å²) in [7, 11) is 0. The van der Waals surface area contributed by atoms with E-state index in [1.165, 1.54) is 12.1 Å². The summed E-state index contributed by atoms with van der Waals surface area (Å²) in [6.07, 6.45) is -4.41. The van der Waals surface area contributed by atoms with Gasteiger partial charge in [-0.3, -0.25) is 0 Å². The van der Waals surface area contributed by atoms with Crippen LogP contribution in [0.25, 0.3) is 0 Å². The van der Waals surface area contributed by atoms with E-state index in [1.54, 1.807) is 0 Å². The van der Waals surface area contributed by atoms with Gasteiger partial charge in [0.1, 0.15) is 12.4 Å². The van der Waals surface area contributed by atoms with E-state index in [0.717, 1.165) is 6.07 Å². The molecule has 0 radical (unpaired) electrons. The molecule has 0 aliphatic carbocycles. The Labute approximate surface area is 102 Å². The summed E-state index contributed by atoms with van der Waals surface area (Å²) >= 11 is 0. The minimum absolute atomic E-state index is 0.0533. The van der Waals surface area contributed by atoms with E-state index in [-0.39, 0.29) is 12.1 Å². The zero-order valence-corrected chi connectivity index (χ0v) is 9.35. The highest BCUT2D eigenvalue weighted by atomic mass is 19.4. The molecule has 0 aliphatic heterocycles. The van der Waals surface area contributed by atoms with Gasteiger partial charge < -0.3 is 10.5 Å². The molecule has 0 unspecified atom stereocenters. The van der Waals surface area contributed by atoms with Gasteiger partial charge in [0, 0.05) is 11.1 Å². The monoisotopic (exact) mass is 261 g/mol. The first kappa shape index (κ1) is 14.5. The third-order valence-electron chi connectivity index (χ3n) is 1.91. The minimum Gasteiger partial charge on any atom is -0.367 e. The molecule has 6 heteroatoms. The lowest BCUT2D eigenvalue weighted by atomic mass is 10.1. The molecule has 0 saturated carbocycles. The van der Waals surface area contributed by atoms with Crippen molar-refractivity contribution in [3.8, 4) is 11.8 Å². The standard InChI is InChI=1S/C12H11F4NO/c13-11-6-9(2-1-5-17)3-4-10(11)7-18-8-12(14,15)16/h3-4,6H,5,7-8,17H2. The zero-order chi connectivity index (χ0) is 13.6. The van der Waals surface area contributed by atoms with Crippen LogP contribution < -0.4 is 5.73 Å². The number of nitrogens with two attached hydrogens (primary N) is 1. The van der Waals surface area contributed by atoms with Crippen LogP contribution in [0.15, 0.2) is 18.2 Å². The van der Waals surface area contributed by atoms with Gasteiger partial charge in [-0.05, 0) is 12.1 Å². The van der Waals surface area contributed by atoms with Crippen molar-refractivity contribution >= 4 is 0 Å². The van der Waals surface area contributed by atoms with Gasteiger partial charge in [0.15, 0.2) is 0 Å². The molecular weight excluding hydrogens is 250 g/mol. The average molecular weight is 261 g/mol. The van der Waals surface area contributed by atoms with Crippen LogP contribution in [0.2, 0.25) is 0 Å². The lowest BCUT2D eigenvalue weighted by Crippen LogP contribution is -2.17. The molecule has 0 bridgehead atoms. The first-order chi connectivity index (χ1) is 8.42. The maximum Gasteiger partial charge on any atom is 0.411 e. The smallest absolute Gasteiger partial charge is 0.367 e. The quantitative estimate of drug-likeness (QED) is 0.669. The zero-order valence-electron chi connectivity index (χ0n) is 9.35. The summed E-state index contributed by atoms with van der Waals surface area (Å²) in [4.78, 5) is 0. The lowest BCUT2D eigenvalue weighted by Gasteiger charge is -2.08. The van der Waals surface area contributed by atoms with Gasteiger partial charge in [-0.1, -0.05) is 17.9 Å².